The Kier molecular flexibility index (Phi) is 5.56. The number of hydrogen-bond donors (Lipinski definition) is 0. The number of amides is 1. The van der Waals surface area contributed by atoms with Crippen LogP contribution in [-0.4, -0.2) is 49.4 Å². The Balaban J connectivity index is 1.28. The summed E-state index contributed by atoms with van der Waals surface area (Å²) in [7, 11) is 0. The SMILES string of the molecule is CC1=CC(C2CCN(C3CCC3)CC2)=CN2C(=O)/C=C(c3cc4c(C)nc(C)cn4n3)\C=C\C=C12. The summed E-state index contributed by atoms with van der Waals surface area (Å²) >= 11 is 0. The van der Waals surface area contributed by atoms with Gasteiger partial charge in [0.2, 0.25) is 0 Å². The molecule has 5 heterocycles. The summed E-state index contributed by atoms with van der Waals surface area (Å²) in [5.41, 5.74) is 7.76. The van der Waals surface area contributed by atoms with Crippen molar-refractivity contribution in [2.24, 2.45) is 5.92 Å². The first-order valence-electron chi connectivity index (χ1n) is 12.9. The molecule has 0 aromatic carbocycles. The Labute approximate surface area is 207 Å². The number of hydrogen-bond acceptors (Lipinski definition) is 4. The molecular formula is C29H33N5O. The van der Waals surface area contributed by atoms with Crippen molar-refractivity contribution in [1.82, 2.24) is 24.4 Å². The molecule has 0 spiro atoms. The maximum Gasteiger partial charge on any atom is 0.255 e. The highest BCUT2D eigenvalue weighted by Gasteiger charge is 2.31. The van der Waals surface area contributed by atoms with Crippen molar-refractivity contribution in [2.45, 2.75) is 58.9 Å². The number of nitrogens with zero attached hydrogens (tertiary/aromatic N) is 5. The Hall–Kier alpha value is -3.25. The van der Waals surface area contributed by atoms with Crippen LogP contribution in [0.25, 0.3) is 11.1 Å². The molecule has 1 saturated heterocycles. The van der Waals surface area contributed by atoms with Crippen LogP contribution in [0.2, 0.25) is 0 Å². The number of carbonyl (C=O) groups excluding carboxylic acids is 1. The van der Waals surface area contributed by atoms with E-state index < -0.39 is 0 Å². The molecule has 1 saturated carbocycles. The van der Waals surface area contributed by atoms with E-state index in [1.54, 1.807) is 6.08 Å². The summed E-state index contributed by atoms with van der Waals surface area (Å²) in [4.78, 5) is 22.6. The molecule has 3 aliphatic heterocycles. The van der Waals surface area contributed by atoms with E-state index in [2.05, 4.69) is 29.1 Å². The molecule has 0 unspecified atom stereocenters. The molecule has 6 rings (SSSR count). The Bertz CT molecular complexity index is 1340. The fourth-order valence-corrected chi connectivity index (χ4v) is 5.82. The van der Waals surface area contributed by atoms with Gasteiger partial charge in [-0.2, -0.15) is 5.10 Å². The molecule has 0 atom stereocenters. The fraction of sp³-hybridized carbons (Fsp3) is 0.414. The van der Waals surface area contributed by atoms with E-state index in [0.29, 0.717) is 5.92 Å². The number of fused-ring (bicyclic) bond motifs is 2. The van der Waals surface area contributed by atoms with Crippen LogP contribution < -0.4 is 0 Å². The highest BCUT2D eigenvalue weighted by Crippen LogP contribution is 2.36. The van der Waals surface area contributed by atoms with Crippen LogP contribution in [0.5, 0.6) is 0 Å². The Morgan fingerprint density at radius 3 is 2.57 bits per heavy atom. The summed E-state index contributed by atoms with van der Waals surface area (Å²) in [5, 5.41) is 4.74. The van der Waals surface area contributed by atoms with Gasteiger partial charge in [-0.15, -0.1) is 0 Å². The average molecular weight is 468 g/mol. The molecule has 35 heavy (non-hydrogen) atoms. The summed E-state index contributed by atoms with van der Waals surface area (Å²) < 4.78 is 1.86. The normalized spacial score (nSPS) is 24.5. The fourth-order valence-electron chi connectivity index (χ4n) is 5.82. The number of aromatic nitrogens is 3. The number of aryl methyl sites for hydroxylation is 2. The second-order valence-electron chi connectivity index (χ2n) is 10.4. The van der Waals surface area contributed by atoms with E-state index in [1.807, 2.05) is 53.8 Å². The smallest absolute Gasteiger partial charge is 0.255 e. The Morgan fingerprint density at radius 2 is 1.83 bits per heavy atom. The van der Waals surface area contributed by atoms with Crippen molar-refractivity contribution in [1.29, 1.82) is 0 Å². The van der Waals surface area contributed by atoms with Crippen molar-refractivity contribution in [2.75, 3.05) is 13.1 Å². The van der Waals surface area contributed by atoms with E-state index in [4.69, 9.17) is 5.10 Å². The topological polar surface area (TPSA) is 53.7 Å². The maximum absolute atomic E-state index is 13.5. The summed E-state index contributed by atoms with van der Waals surface area (Å²) in [6.45, 7) is 8.41. The number of carbonyl (C=O) groups is 1. The highest BCUT2D eigenvalue weighted by molar-refractivity contribution is 6.00. The van der Waals surface area contributed by atoms with Gasteiger partial charge in [-0.1, -0.05) is 24.6 Å². The van der Waals surface area contributed by atoms with E-state index in [1.165, 1.54) is 50.8 Å². The summed E-state index contributed by atoms with van der Waals surface area (Å²) in [6.07, 6.45) is 20.5. The molecule has 0 N–H and O–H groups in total. The molecular weight excluding hydrogens is 434 g/mol. The molecule has 2 fully saturated rings. The van der Waals surface area contributed by atoms with Gasteiger partial charge < -0.3 is 4.90 Å². The number of piperidine rings is 1. The monoisotopic (exact) mass is 467 g/mol. The van der Waals surface area contributed by atoms with Crippen molar-refractivity contribution in [3.05, 3.63) is 82.8 Å². The van der Waals surface area contributed by atoms with Crippen LogP contribution in [0.1, 0.15) is 56.1 Å². The van der Waals surface area contributed by atoms with Gasteiger partial charge >= 0.3 is 0 Å². The van der Waals surface area contributed by atoms with Gasteiger partial charge in [0.15, 0.2) is 0 Å². The third kappa shape index (κ3) is 4.10. The summed E-state index contributed by atoms with van der Waals surface area (Å²) in [6, 6.07) is 2.83. The molecule has 0 bridgehead atoms. The van der Waals surface area contributed by atoms with Crippen LogP contribution in [-0.2, 0) is 4.79 Å². The molecule has 2 aromatic heterocycles. The molecule has 6 heteroatoms. The van der Waals surface area contributed by atoms with Gasteiger partial charge in [-0.3, -0.25) is 14.7 Å². The van der Waals surface area contributed by atoms with Crippen LogP contribution in [0.3, 0.4) is 0 Å². The lowest BCUT2D eigenvalue weighted by molar-refractivity contribution is -0.122. The number of likely N-dealkylation sites (tertiary alicyclic amines) is 1. The first kappa shape index (κ1) is 22.2. The van der Waals surface area contributed by atoms with Gasteiger partial charge in [-0.25, -0.2) is 4.52 Å². The van der Waals surface area contributed by atoms with Crippen LogP contribution >= 0.6 is 0 Å². The van der Waals surface area contributed by atoms with Crippen LogP contribution in [0, 0.1) is 19.8 Å². The van der Waals surface area contributed by atoms with Crippen LogP contribution in [0.15, 0.2) is 65.7 Å². The number of rotatable bonds is 3. The van der Waals surface area contributed by atoms with Crippen molar-refractivity contribution in [3.63, 3.8) is 0 Å². The lowest BCUT2D eigenvalue weighted by Gasteiger charge is -2.42. The lowest BCUT2D eigenvalue weighted by atomic mass is 9.84. The third-order valence-corrected chi connectivity index (χ3v) is 8.02. The van der Waals surface area contributed by atoms with Crippen molar-refractivity contribution in [3.8, 4) is 0 Å². The first-order valence-corrected chi connectivity index (χ1v) is 12.9. The molecule has 0 radical (unpaired) electrons. The lowest BCUT2D eigenvalue weighted by Crippen LogP contribution is -2.45. The van der Waals surface area contributed by atoms with E-state index >= 15 is 0 Å². The molecule has 1 amide bonds. The van der Waals surface area contributed by atoms with E-state index in [0.717, 1.165) is 45.5 Å². The second-order valence-corrected chi connectivity index (χ2v) is 10.4. The standard InChI is InChI=1S/C29H33N5O/c1-19-14-24(22-10-12-32(13-11-22)25-7-5-8-25)18-33-27(19)9-4-6-23(15-29(33)35)26-16-28-21(3)30-20(2)17-34(28)31-26/h4,6,9,14-18,22,25H,5,7-8,10-13H2,1-3H3/b6-4+,23-15+,27-9?. The van der Waals surface area contributed by atoms with Gasteiger partial charge in [-0.05, 0) is 88.8 Å². The predicted octanol–water partition coefficient (Wildman–Crippen LogP) is 5.12. The van der Waals surface area contributed by atoms with Crippen molar-refractivity contribution < 1.29 is 4.79 Å². The number of allylic oxidation sites excluding steroid dienone is 7. The minimum atomic E-state index is -0.0319. The van der Waals surface area contributed by atoms with Crippen LogP contribution in [0.4, 0.5) is 0 Å². The third-order valence-electron chi connectivity index (χ3n) is 8.02. The largest absolute Gasteiger partial charge is 0.300 e. The minimum Gasteiger partial charge on any atom is -0.300 e. The first-order chi connectivity index (χ1) is 17.0. The molecule has 180 valence electrons. The summed E-state index contributed by atoms with van der Waals surface area (Å²) in [5.74, 6) is 0.479. The maximum atomic E-state index is 13.5. The van der Waals surface area contributed by atoms with Gasteiger partial charge in [0.05, 0.1) is 34.5 Å². The molecule has 4 aliphatic rings. The van der Waals surface area contributed by atoms with Gasteiger partial charge in [0.25, 0.3) is 5.91 Å². The van der Waals surface area contributed by atoms with Gasteiger partial charge in [0, 0.05) is 23.9 Å². The zero-order chi connectivity index (χ0) is 24.1. The highest BCUT2D eigenvalue weighted by atomic mass is 16.2. The second kappa shape index (κ2) is 8.76. The quantitative estimate of drug-likeness (QED) is 0.629. The van der Waals surface area contributed by atoms with Crippen molar-refractivity contribution >= 4 is 17.0 Å². The van der Waals surface area contributed by atoms with E-state index in [-0.39, 0.29) is 5.91 Å². The zero-order valence-electron chi connectivity index (χ0n) is 20.9. The van der Waals surface area contributed by atoms with E-state index in [9.17, 15) is 4.79 Å². The molecule has 2 aromatic rings. The zero-order valence-corrected chi connectivity index (χ0v) is 20.9. The average Bonchev–Trinajstić information content (AvgIpc) is 3.21. The molecule has 6 nitrogen and oxygen atoms in total. The molecule has 1 aliphatic carbocycles. The predicted molar refractivity (Wildman–Crippen MR) is 138 cm³/mol. The Morgan fingerprint density at radius 1 is 1.03 bits per heavy atom. The minimum absolute atomic E-state index is 0.0319. The van der Waals surface area contributed by atoms with Gasteiger partial charge in [0.1, 0.15) is 0 Å².